The highest BCUT2D eigenvalue weighted by Gasteiger charge is 2.25. The number of nitrogens with zero attached hydrogens (tertiary/aromatic N) is 1. The van der Waals surface area contributed by atoms with Crippen molar-refractivity contribution in [2.45, 2.75) is 18.6 Å². The number of hydrogen-bond acceptors (Lipinski definition) is 5. The van der Waals surface area contributed by atoms with E-state index in [1.807, 2.05) is 0 Å². The number of anilines is 1. The number of carbonyl (C=O) groups is 1. The number of hydrogen-bond donors (Lipinski definition) is 2. The molecule has 0 aliphatic carbocycles. The number of carboxylic acids is 1. The fourth-order valence-electron chi connectivity index (χ4n) is 1.16. The topological polar surface area (TPSA) is 107 Å². The molecule has 2 N–H and O–H groups in total. The van der Waals surface area contributed by atoms with Crippen molar-refractivity contribution >= 4 is 33.0 Å². The Bertz CT molecular complexity index is 556. The van der Waals surface area contributed by atoms with Crippen molar-refractivity contribution in [3.63, 3.8) is 0 Å². The second-order valence-corrected chi connectivity index (χ2v) is 5.92. The van der Waals surface area contributed by atoms with E-state index < -0.39 is 21.2 Å². The van der Waals surface area contributed by atoms with Crippen molar-refractivity contribution in [3.05, 3.63) is 16.3 Å². The zero-order chi connectivity index (χ0) is 13.1. The summed E-state index contributed by atoms with van der Waals surface area (Å²) in [5, 5.41) is 17.8. The van der Waals surface area contributed by atoms with Crippen molar-refractivity contribution < 1.29 is 18.3 Å². The van der Waals surface area contributed by atoms with Gasteiger partial charge in [0.25, 0.3) is 0 Å². The fourth-order valence-corrected chi connectivity index (χ4v) is 3.11. The molecule has 6 nitrogen and oxygen atoms in total. The molecule has 1 rings (SSSR count). The van der Waals surface area contributed by atoms with Gasteiger partial charge in [-0.05, 0) is 17.9 Å². The second-order valence-electron chi connectivity index (χ2n) is 3.14. The van der Waals surface area contributed by atoms with Crippen LogP contribution in [0, 0.1) is 11.3 Å². The molecule has 1 atom stereocenters. The minimum absolute atomic E-state index is 0.00352. The minimum Gasteiger partial charge on any atom is -0.477 e. The van der Waals surface area contributed by atoms with Gasteiger partial charge in [0, 0.05) is 0 Å². The first kappa shape index (κ1) is 13.5. The average Bonchev–Trinajstić information content (AvgIpc) is 2.66. The molecular weight excluding hydrogens is 264 g/mol. The fraction of sp³-hybridized carbons (Fsp3) is 0.333. The normalized spacial score (nSPS) is 12.7. The van der Waals surface area contributed by atoms with E-state index in [1.54, 1.807) is 13.0 Å². The molecule has 0 amide bonds. The maximum Gasteiger partial charge on any atom is 0.348 e. The van der Waals surface area contributed by atoms with Crippen molar-refractivity contribution in [2.24, 2.45) is 0 Å². The van der Waals surface area contributed by atoms with Crippen molar-refractivity contribution in [2.75, 3.05) is 4.72 Å². The van der Waals surface area contributed by atoms with Crippen molar-refractivity contribution in [1.82, 2.24) is 0 Å². The SMILES string of the molecule is CCC(C#N)S(=O)(=O)Nc1ccsc1C(=O)O. The van der Waals surface area contributed by atoms with Gasteiger partial charge in [0.2, 0.25) is 10.0 Å². The molecule has 8 heteroatoms. The van der Waals surface area contributed by atoms with Crippen LogP contribution in [-0.2, 0) is 10.0 Å². The highest BCUT2D eigenvalue weighted by molar-refractivity contribution is 7.93. The first-order valence-corrected chi connectivity index (χ1v) is 7.07. The van der Waals surface area contributed by atoms with Gasteiger partial charge < -0.3 is 5.11 Å². The van der Waals surface area contributed by atoms with E-state index in [1.165, 1.54) is 11.4 Å². The van der Waals surface area contributed by atoms with Crippen LogP contribution in [0.15, 0.2) is 11.4 Å². The Labute approximate surface area is 103 Å². The van der Waals surface area contributed by atoms with Crippen LogP contribution >= 0.6 is 11.3 Å². The second kappa shape index (κ2) is 5.16. The molecule has 0 saturated carbocycles. The Morgan fingerprint density at radius 3 is 2.82 bits per heavy atom. The molecule has 1 unspecified atom stereocenters. The van der Waals surface area contributed by atoms with Gasteiger partial charge >= 0.3 is 5.97 Å². The molecule has 0 spiro atoms. The van der Waals surface area contributed by atoms with Gasteiger partial charge in [0.15, 0.2) is 5.25 Å². The van der Waals surface area contributed by atoms with E-state index in [0.717, 1.165) is 11.3 Å². The quantitative estimate of drug-likeness (QED) is 0.845. The van der Waals surface area contributed by atoms with Crippen LogP contribution in [0.25, 0.3) is 0 Å². The number of nitriles is 1. The highest BCUT2D eigenvalue weighted by atomic mass is 32.2. The molecule has 0 radical (unpaired) electrons. The zero-order valence-electron chi connectivity index (χ0n) is 8.87. The van der Waals surface area contributed by atoms with Gasteiger partial charge in [-0.2, -0.15) is 5.26 Å². The highest BCUT2D eigenvalue weighted by Crippen LogP contribution is 2.24. The van der Waals surface area contributed by atoms with E-state index in [-0.39, 0.29) is 17.0 Å². The molecule has 1 aromatic heterocycles. The smallest absolute Gasteiger partial charge is 0.348 e. The van der Waals surface area contributed by atoms with Crippen LogP contribution in [-0.4, -0.2) is 24.7 Å². The third kappa shape index (κ3) is 2.95. The Hall–Kier alpha value is -1.59. The predicted octanol–water partition coefficient (Wildman–Crippen LogP) is 1.49. The van der Waals surface area contributed by atoms with E-state index in [9.17, 15) is 13.2 Å². The van der Waals surface area contributed by atoms with Crippen molar-refractivity contribution in [3.8, 4) is 6.07 Å². The number of sulfonamides is 1. The summed E-state index contributed by atoms with van der Waals surface area (Å²) in [5.74, 6) is -1.21. The van der Waals surface area contributed by atoms with Gasteiger partial charge in [0.1, 0.15) is 4.88 Å². The van der Waals surface area contributed by atoms with Crippen LogP contribution in [0.1, 0.15) is 23.0 Å². The Morgan fingerprint density at radius 2 is 2.35 bits per heavy atom. The Balaban J connectivity index is 3.03. The third-order valence-electron chi connectivity index (χ3n) is 2.00. The maximum atomic E-state index is 11.7. The summed E-state index contributed by atoms with van der Waals surface area (Å²) in [5.41, 5.74) is -0.00352. The van der Waals surface area contributed by atoms with Gasteiger partial charge in [-0.3, -0.25) is 4.72 Å². The molecule has 17 heavy (non-hydrogen) atoms. The summed E-state index contributed by atoms with van der Waals surface area (Å²) in [4.78, 5) is 10.7. The molecular formula is C9H10N2O4S2. The summed E-state index contributed by atoms with van der Waals surface area (Å²) >= 11 is 0.916. The summed E-state index contributed by atoms with van der Waals surface area (Å²) in [7, 11) is -3.87. The minimum atomic E-state index is -3.87. The van der Waals surface area contributed by atoms with E-state index >= 15 is 0 Å². The lowest BCUT2D eigenvalue weighted by atomic mass is 10.4. The lowest BCUT2D eigenvalue weighted by molar-refractivity contribution is 0.0703. The van der Waals surface area contributed by atoms with Crippen LogP contribution < -0.4 is 4.72 Å². The largest absolute Gasteiger partial charge is 0.477 e. The number of aromatic carboxylic acids is 1. The molecule has 1 aromatic rings. The molecule has 0 fully saturated rings. The Kier molecular flexibility index (Phi) is 4.09. The van der Waals surface area contributed by atoms with Crippen LogP contribution in [0.4, 0.5) is 5.69 Å². The molecule has 0 aliphatic heterocycles. The molecule has 0 aromatic carbocycles. The average molecular weight is 274 g/mol. The van der Waals surface area contributed by atoms with Crippen LogP contribution in [0.5, 0.6) is 0 Å². The lowest BCUT2D eigenvalue weighted by Gasteiger charge is -2.10. The van der Waals surface area contributed by atoms with E-state index in [0.29, 0.717) is 0 Å². The zero-order valence-corrected chi connectivity index (χ0v) is 10.5. The first-order chi connectivity index (χ1) is 7.92. The van der Waals surface area contributed by atoms with Crippen LogP contribution in [0.2, 0.25) is 0 Å². The maximum absolute atomic E-state index is 11.7. The molecule has 1 heterocycles. The summed E-state index contributed by atoms with van der Waals surface area (Å²) < 4.78 is 25.6. The van der Waals surface area contributed by atoms with Crippen molar-refractivity contribution in [1.29, 1.82) is 5.26 Å². The summed E-state index contributed by atoms with van der Waals surface area (Å²) in [6.07, 6.45) is 0.137. The van der Waals surface area contributed by atoms with Gasteiger partial charge in [-0.15, -0.1) is 11.3 Å². The number of carboxylic acid groups (broad SMARTS) is 1. The number of thiophene rings is 1. The molecule has 92 valence electrons. The van der Waals surface area contributed by atoms with Gasteiger partial charge in [-0.1, -0.05) is 6.92 Å². The standard InChI is InChI=1S/C9H10N2O4S2/c1-2-6(5-10)17(14,15)11-7-3-4-16-8(7)9(12)13/h3-4,6,11H,2H2,1H3,(H,12,13). The molecule has 0 aliphatic rings. The van der Waals surface area contributed by atoms with E-state index in [2.05, 4.69) is 4.72 Å². The van der Waals surface area contributed by atoms with Gasteiger partial charge in [-0.25, -0.2) is 13.2 Å². The first-order valence-electron chi connectivity index (χ1n) is 4.64. The number of rotatable bonds is 5. The third-order valence-corrected chi connectivity index (χ3v) is 4.60. The molecule has 0 saturated heterocycles. The molecule has 0 bridgehead atoms. The van der Waals surface area contributed by atoms with Gasteiger partial charge in [0.05, 0.1) is 11.8 Å². The van der Waals surface area contributed by atoms with Crippen LogP contribution in [0.3, 0.4) is 0 Å². The summed E-state index contributed by atoms with van der Waals surface area (Å²) in [6.45, 7) is 1.57. The number of nitrogens with one attached hydrogen (secondary N) is 1. The Morgan fingerprint density at radius 1 is 1.71 bits per heavy atom. The predicted molar refractivity (Wildman–Crippen MR) is 63.5 cm³/mol. The lowest BCUT2D eigenvalue weighted by Crippen LogP contribution is -2.26. The monoisotopic (exact) mass is 274 g/mol. The van der Waals surface area contributed by atoms with E-state index in [4.69, 9.17) is 10.4 Å². The summed E-state index contributed by atoms with van der Waals surface area (Å²) in [6, 6.07) is 3.02.